The van der Waals surface area contributed by atoms with Crippen molar-refractivity contribution in [1.29, 1.82) is 5.26 Å². The molecule has 1 aliphatic rings. The first-order chi connectivity index (χ1) is 12.2. The number of hydrogen-bond donors (Lipinski definition) is 1. The van der Waals surface area contributed by atoms with Crippen LogP contribution in [0.4, 0.5) is 4.79 Å². The van der Waals surface area contributed by atoms with Gasteiger partial charge in [-0.25, -0.2) is 4.79 Å². The van der Waals surface area contributed by atoms with Crippen LogP contribution >= 0.6 is 0 Å². The number of hydrogen-bond acceptors (Lipinski definition) is 4. The molecule has 0 aromatic heterocycles. The van der Waals surface area contributed by atoms with E-state index in [2.05, 4.69) is 5.32 Å². The summed E-state index contributed by atoms with van der Waals surface area (Å²) in [6.07, 6.45) is -0.661. The molecule has 1 saturated heterocycles. The van der Waals surface area contributed by atoms with Crippen molar-refractivity contribution in [1.82, 2.24) is 10.2 Å². The van der Waals surface area contributed by atoms with Crippen LogP contribution in [-0.4, -0.2) is 36.5 Å². The molecule has 1 aliphatic heterocycles. The smallest absolute Gasteiger partial charge is 0.410 e. The van der Waals surface area contributed by atoms with E-state index in [4.69, 9.17) is 10.00 Å². The van der Waals surface area contributed by atoms with E-state index in [0.717, 1.165) is 5.56 Å². The zero-order valence-corrected chi connectivity index (χ0v) is 13.5. The Hall–Kier alpha value is -3.33. The van der Waals surface area contributed by atoms with E-state index in [1.54, 1.807) is 23.1 Å². The predicted octanol–water partition coefficient (Wildman–Crippen LogP) is 2.48. The molecular weight excluding hydrogens is 318 g/mol. The molecule has 2 aromatic carbocycles. The summed E-state index contributed by atoms with van der Waals surface area (Å²) < 4.78 is 5.37. The lowest BCUT2D eigenvalue weighted by molar-refractivity contribution is 0.0948. The molecule has 1 N–H and O–H groups in total. The zero-order valence-electron chi connectivity index (χ0n) is 13.5. The monoisotopic (exact) mass is 335 g/mol. The fourth-order valence-corrected chi connectivity index (χ4v) is 2.67. The number of nitrogens with zero attached hydrogens (tertiary/aromatic N) is 2. The molecule has 2 amide bonds. The second kappa shape index (κ2) is 7.49. The van der Waals surface area contributed by atoms with Gasteiger partial charge < -0.3 is 15.0 Å². The van der Waals surface area contributed by atoms with E-state index in [1.165, 1.54) is 6.07 Å². The average Bonchev–Trinajstić information content (AvgIpc) is 3.03. The van der Waals surface area contributed by atoms with Gasteiger partial charge in [0.15, 0.2) is 0 Å². The van der Waals surface area contributed by atoms with Crippen LogP contribution in [0.15, 0.2) is 54.6 Å². The van der Waals surface area contributed by atoms with Gasteiger partial charge >= 0.3 is 6.09 Å². The second-order valence-electron chi connectivity index (χ2n) is 5.68. The SMILES string of the molecule is N#Cc1cccc(C(=O)NCCN2CC(c3ccccc3)OC2=O)c1. The van der Waals surface area contributed by atoms with E-state index in [9.17, 15) is 9.59 Å². The first-order valence-corrected chi connectivity index (χ1v) is 7.96. The van der Waals surface area contributed by atoms with Gasteiger partial charge in [0.05, 0.1) is 18.2 Å². The number of carbonyl (C=O) groups is 2. The number of nitriles is 1. The Morgan fingerprint density at radius 3 is 2.80 bits per heavy atom. The Morgan fingerprint density at radius 1 is 1.24 bits per heavy atom. The van der Waals surface area contributed by atoms with Crippen LogP contribution in [0.5, 0.6) is 0 Å². The van der Waals surface area contributed by atoms with Gasteiger partial charge in [0.25, 0.3) is 5.91 Å². The lowest BCUT2D eigenvalue weighted by Gasteiger charge is -2.13. The molecule has 3 rings (SSSR count). The van der Waals surface area contributed by atoms with E-state index in [-0.39, 0.29) is 18.1 Å². The van der Waals surface area contributed by atoms with Crippen molar-refractivity contribution < 1.29 is 14.3 Å². The minimum absolute atomic E-state index is 0.274. The fraction of sp³-hybridized carbons (Fsp3) is 0.211. The van der Waals surface area contributed by atoms with Gasteiger partial charge in [-0.05, 0) is 23.8 Å². The summed E-state index contributed by atoms with van der Waals surface area (Å²) in [5, 5.41) is 11.6. The van der Waals surface area contributed by atoms with Crippen LogP contribution in [0.3, 0.4) is 0 Å². The highest BCUT2D eigenvalue weighted by molar-refractivity contribution is 5.94. The Labute approximate surface area is 145 Å². The van der Waals surface area contributed by atoms with Gasteiger partial charge in [-0.15, -0.1) is 0 Å². The van der Waals surface area contributed by atoms with Gasteiger partial charge in [0.1, 0.15) is 6.10 Å². The molecule has 1 atom stereocenters. The quantitative estimate of drug-likeness (QED) is 0.910. The highest BCUT2D eigenvalue weighted by Gasteiger charge is 2.31. The molecule has 126 valence electrons. The molecule has 6 nitrogen and oxygen atoms in total. The highest BCUT2D eigenvalue weighted by Crippen LogP contribution is 2.25. The maximum absolute atomic E-state index is 12.1. The van der Waals surface area contributed by atoms with Crippen LogP contribution in [0.2, 0.25) is 0 Å². The Kier molecular flexibility index (Phi) is 4.95. The van der Waals surface area contributed by atoms with Crippen LogP contribution in [0.25, 0.3) is 0 Å². The van der Waals surface area contributed by atoms with Crippen LogP contribution < -0.4 is 5.32 Å². The summed E-state index contributed by atoms with van der Waals surface area (Å²) in [4.78, 5) is 25.6. The molecule has 1 fully saturated rings. The predicted molar refractivity (Wildman–Crippen MR) is 90.7 cm³/mol. The number of benzene rings is 2. The van der Waals surface area contributed by atoms with Gasteiger partial charge in [-0.1, -0.05) is 36.4 Å². The third kappa shape index (κ3) is 3.96. The lowest BCUT2D eigenvalue weighted by Crippen LogP contribution is -2.35. The summed E-state index contributed by atoms with van der Waals surface area (Å²) >= 11 is 0. The van der Waals surface area contributed by atoms with Crippen molar-refractivity contribution in [3.05, 3.63) is 71.3 Å². The molecular formula is C19H17N3O3. The summed E-state index contributed by atoms with van der Waals surface area (Å²) in [5.41, 5.74) is 1.81. The van der Waals surface area contributed by atoms with Crippen molar-refractivity contribution >= 4 is 12.0 Å². The molecule has 1 unspecified atom stereocenters. The van der Waals surface area contributed by atoms with Gasteiger partial charge in [-0.3, -0.25) is 4.79 Å². The van der Waals surface area contributed by atoms with E-state index in [0.29, 0.717) is 30.8 Å². The van der Waals surface area contributed by atoms with Crippen LogP contribution in [-0.2, 0) is 4.74 Å². The third-order valence-corrected chi connectivity index (χ3v) is 3.98. The van der Waals surface area contributed by atoms with E-state index >= 15 is 0 Å². The lowest BCUT2D eigenvalue weighted by atomic mass is 10.1. The molecule has 0 spiro atoms. The molecule has 0 saturated carbocycles. The van der Waals surface area contributed by atoms with Gasteiger partial charge in [0, 0.05) is 18.7 Å². The molecule has 1 heterocycles. The first-order valence-electron chi connectivity index (χ1n) is 7.96. The van der Waals surface area contributed by atoms with E-state index in [1.807, 2.05) is 36.4 Å². The maximum Gasteiger partial charge on any atom is 0.410 e. The summed E-state index contributed by atoms with van der Waals surface area (Å²) in [7, 11) is 0. The number of rotatable bonds is 5. The van der Waals surface area contributed by atoms with Crippen molar-refractivity contribution in [2.75, 3.05) is 19.6 Å². The van der Waals surface area contributed by atoms with Crippen LogP contribution in [0.1, 0.15) is 27.6 Å². The normalized spacial score (nSPS) is 16.2. The van der Waals surface area contributed by atoms with Crippen molar-refractivity contribution in [3.63, 3.8) is 0 Å². The first kappa shape index (κ1) is 16.5. The Balaban J connectivity index is 1.51. The number of amides is 2. The van der Waals surface area contributed by atoms with Crippen molar-refractivity contribution in [2.45, 2.75) is 6.10 Å². The second-order valence-corrected chi connectivity index (χ2v) is 5.68. The largest absolute Gasteiger partial charge is 0.439 e. The standard InChI is InChI=1S/C19H17N3O3/c20-12-14-5-4-8-16(11-14)18(23)21-9-10-22-13-17(25-19(22)24)15-6-2-1-3-7-15/h1-8,11,17H,9-10,13H2,(H,21,23). The Bertz CT molecular complexity index is 814. The molecule has 0 bridgehead atoms. The summed E-state index contributed by atoms with van der Waals surface area (Å²) in [5.74, 6) is -0.274. The number of nitrogens with one attached hydrogen (secondary N) is 1. The summed E-state index contributed by atoms with van der Waals surface area (Å²) in [6, 6.07) is 18.0. The molecule has 25 heavy (non-hydrogen) atoms. The van der Waals surface area contributed by atoms with Gasteiger partial charge in [0.2, 0.25) is 0 Å². The average molecular weight is 335 g/mol. The topological polar surface area (TPSA) is 82.4 Å². The van der Waals surface area contributed by atoms with Crippen molar-refractivity contribution in [2.24, 2.45) is 0 Å². The highest BCUT2D eigenvalue weighted by atomic mass is 16.6. The summed E-state index contributed by atoms with van der Waals surface area (Å²) in [6.45, 7) is 1.14. The number of ether oxygens (including phenoxy) is 1. The van der Waals surface area contributed by atoms with Crippen molar-refractivity contribution in [3.8, 4) is 6.07 Å². The third-order valence-electron chi connectivity index (χ3n) is 3.98. The molecule has 2 aromatic rings. The minimum atomic E-state index is -0.380. The molecule has 6 heteroatoms. The van der Waals surface area contributed by atoms with Crippen LogP contribution in [0, 0.1) is 11.3 Å². The zero-order chi connectivity index (χ0) is 17.6. The fourth-order valence-electron chi connectivity index (χ4n) is 2.67. The number of carbonyl (C=O) groups excluding carboxylic acids is 2. The van der Waals surface area contributed by atoms with Gasteiger partial charge in [-0.2, -0.15) is 5.26 Å². The maximum atomic E-state index is 12.1. The molecule has 0 aliphatic carbocycles. The number of cyclic esters (lactones) is 1. The Morgan fingerprint density at radius 2 is 2.04 bits per heavy atom. The molecule has 0 radical (unpaired) electrons. The van der Waals surface area contributed by atoms with E-state index < -0.39 is 0 Å². The minimum Gasteiger partial charge on any atom is -0.439 e.